The lowest BCUT2D eigenvalue weighted by Crippen LogP contribution is -2.25. The topological polar surface area (TPSA) is 78.3 Å². The van der Waals surface area contributed by atoms with Gasteiger partial charge in [0.15, 0.2) is 17.3 Å². The predicted octanol–water partition coefficient (Wildman–Crippen LogP) is 2.57. The zero-order valence-corrected chi connectivity index (χ0v) is 15.6. The molecule has 0 aliphatic carbocycles. The van der Waals surface area contributed by atoms with E-state index in [0.717, 1.165) is 11.3 Å². The third-order valence-corrected chi connectivity index (χ3v) is 4.11. The maximum absolute atomic E-state index is 12.3. The predicted molar refractivity (Wildman–Crippen MR) is 102 cm³/mol. The van der Waals surface area contributed by atoms with E-state index < -0.39 is 0 Å². The molecule has 0 saturated carbocycles. The van der Waals surface area contributed by atoms with Crippen molar-refractivity contribution in [2.24, 2.45) is 0 Å². The highest BCUT2D eigenvalue weighted by molar-refractivity contribution is 5.93. The zero-order valence-electron chi connectivity index (χ0n) is 15.6. The standard InChI is InChI=1S/C20H22N4O3/c1-14-9-11-24(23-14)19-7-5-16(13-22-19)20(25)21-10-8-15-4-6-17(26-2)18(12-15)27-3/h4-7,9,11-13H,8,10H2,1-3H3,(H,21,25). The van der Waals surface area contributed by atoms with Crippen LogP contribution in [0.4, 0.5) is 0 Å². The summed E-state index contributed by atoms with van der Waals surface area (Å²) in [6.45, 7) is 2.42. The molecule has 0 unspecified atom stereocenters. The normalized spacial score (nSPS) is 10.5. The van der Waals surface area contributed by atoms with E-state index in [-0.39, 0.29) is 5.91 Å². The van der Waals surface area contributed by atoms with Gasteiger partial charge in [-0.2, -0.15) is 5.10 Å². The number of carbonyl (C=O) groups is 1. The van der Waals surface area contributed by atoms with Crippen LogP contribution in [0.1, 0.15) is 21.6 Å². The molecule has 0 atom stereocenters. The number of benzene rings is 1. The number of amides is 1. The van der Waals surface area contributed by atoms with Crippen LogP contribution in [-0.4, -0.2) is 41.4 Å². The molecular formula is C20H22N4O3. The Morgan fingerprint density at radius 3 is 2.56 bits per heavy atom. The van der Waals surface area contributed by atoms with E-state index in [1.165, 1.54) is 0 Å². The first-order valence-electron chi connectivity index (χ1n) is 8.58. The summed E-state index contributed by atoms with van der Waals surface area (Å²) < 4.78 is 12.2. The zero-order chi connectivity index (χ0) is 19.2. The Balaban J connectivity index is 1.56. The summed E-state index contributed by atoms with van der Waals surface area (Å²) in [5.41, 5.74) is 2.47. The van der Waals surface area contributed by atoms with Crippen LogP contribution in [0.25, 0.3) is 5.82 Å². The first-order valence-corrected chi connectivity index (χ1v) is 8.58. The number of ether oxygens (including phenoxy) is 2. The first-order chi connectivity index (χ1) is 13.1. The number of aromatic nitrogens is 3. The van der Waals surface area contributed by atoms with E-state index in [9.17, 15) is 4.79 Å². The fraction of sp³-hybridized carbons (Fsp3) is 0.250. The second-order valence-corrected chi connectivity index (χ2v) is 6.00. The van der Waals surface area contributed by atoms with Gasteiger partial charge in [-0.05, 0) is 49.2 Å². The highest BCUT2D eigenvalue weighted by Gasteiger charge is 2.08. The van der Waals surface area contributed by atoms with Crippen molar-refractivity contribution in [2.45, 2.75) is 13.3 Å². The third kappa shape index (κ3) is 4.44. The lowest BCUT2D eigenvalue weighted by molar-refractivity contribution is 0.0954. The van der Waals surface area contributed by atoms with Crippen LogP contribution in [0.5, 0.6) is 11.5 Å². The summed E-state index contributed by atoms with van der Waals surface area (Å²) in [6.07, 6.45) is 4.07. The average Bonchev–Trinajstić information content (AvgIpc) is 3.14. The fourth-order valence-electron chi connectivity index (χ4n) is 2.66. The molecule has 2 heterocycles. The van der Waals surface area contributed by atoms with Crippen molar-refractivity contribution in [3.05, 3.63) is 65.6 Å². The van der Waals surface area contributed by atoms with Crippen LogP contribution in [0.2, 0.25) is 0 Å². The fourth-order valence-corrected chi connectivity index (χ4v) is 2.66. The van der Waals surface area contributed by atoms with Gasteiger partial charge in [-0.25, -0.2) is 9.67 Å². The van der Waals surface area contributed by atoms with Gasteiger partial charge in [0.1, 0.15) is 0 Å². The van der Waals surface area contributed by atoms with Gasteiger partial charge in [0.05, 0.1) is 25.5 Å². The van der Waals surface area contributed by atoms with Crippen molar-refractivity contribution < 1.29 is 14.3 Å². The summed E-state index contributed by atoms with van der Waals surface area (Å²) in [5, 5.41) is 7.20. The van der Waals surface area contributed by atoms with Gasteiger partial charge >= 0.3 is 0 Å². The number of pyridine rings is 1. The van der Waals surface area contributed by atoms with Crippen molar-refractivity contribution >= 4 is 5.91 Å². The Bertz CT molecular complexity index is 919. The van der Waals surface area contributed by atoms with Gasteiger partial charge in [-0.15, -0.1) is 0 Å². The van der Waals surface area contributed by atoms with Gasteiger partial charge in [0.25, 0.3) is 5.91 Å². The van der Waals surface area contributed by atoms with Crippen molar-refractivity contribution in [2.75, 3.05) is 20.8 Å². The number of nitrogens with one attached hydrogen (secondary N) is 1. The molecular weight excluding hydrogens is 344 g/mol. The highest BCUT2D eigenvalue weighted by atomic mass is 16.5. The van der Waals surface area contributed by atoms with E-state index in [4.69, 9.17) is 9.47 Å². The van der Waals surface area contributed by atoms with E-state index in [2.05, 4.69) is 15.4 Å². The molecule has 7 nitrogen and oxygen atoms in total. The first kappa shape index (κ1) is 18.4. The van der Waals surface area contributed by atoms with E-state index >= 15 is 0 Å². The monoisotopic (exact) mass is 366 g/mol. The Morgan fingerprint density at radius 1 is 1.11 bits per heavy atom. The van der Waals surface area contributed by atoms with Gasteiger partial charge in [0.2, 0.25) is 0 Å². The summed E-state index contributed by atoms with van der Waals surface area (Å²) in [4.78, 5) is 16.6. The summed E-state index contributed by atoms with van der Waals surface area (Å²) >= 11 is 0. The number of rotatable bonds is 7. The molecule has 27 heavy (non-hydrogen) atoms. The number of nitrogens with zero attached hydrogens (tertiary/aromatic N) is 3. The molecule has 1 N–H and O–H groups in total. The number of hydrogen-bond acceptors (Lipinski definition) is 5. The van der Waals surface area contributed by atoms with Crippen LogP contribution in [-0.2, 0) is 6.42 Å². The molecule has 0 aliphatic heterocycles. The Hall–Kier alpha value is -3.35. The molecule has 3 rings (SSSR count). The van der Waals surface area contributed by atoms with Gasteiger partial charge in [-0.3, -0.25) is 4.79 Å². The molecule has 0 aliphatic rings. The van der Waals surface area contributed by atoms with Crippen LogP contribution < -0.4 is 14.8 Å². The van der Waals surface area contributed by atoms with Crippen molar-refractivity contribution in [3.8, 4) is 17.3 Å². The van der Waals surface area contributed by atoms with E-state index in [1.807, 2.05) is 37.4 Å². The molecule has 7 heteroatoms. The van der Waals surface area contributed by atoms with E-state index in [1.54, 1.807) is 37.2 Å². The Labute approximate surface area is 158 Å². The second-order valence-electron chi connectivity index (χ2n) is 6.00. The number of methoxy groups -OCH3 is 2. The van der Waals surface area contributed by atoms with Crippen LogP contribution in [0, 0.1) is 6.92 Å². The van der Waals surface area contributed by atoms with Crippen molar-refractivity contribution in [1.82, 2.24) is 20.1 Å². The minimum Gasteiger partial charge on any atom is -0.493 e. The van der Waals surface area contributed by atoms with Gasteiger partial charge < -0.3 is 14.8 Å². The maximum atomic E-state index is 12.3. The van der Waals surface area contributed by atoms with Crippen molar-refractivity contribution in [3.63, 3.8) is 0 Å². The average molecular weight is 366 g/mol. The van der Waals surface area contributed by atoms with Crippen LogP contribution in [0.3, 0.4) is 0 Å². The minimum absolute atomic E-state index is 0.161. The third-order valence-electron chi connectivity index (χ3n) is 4.11. The molecule has 0 bridgehead atoms. The number of carbonyl (C=O) groups excluding carboxylic acids is 1. The summed E-state index contributed by atoms with van der Waals surface area (Å²) in [5.74, 6) is 1.87. The highest BCUT2D eigenvalue weighted by Crippen LogP contribution is 2.27. The lowest BCUT2D eigenvalue weighted by Gasteiger charge is -2.10. The smallest absolute Gasteiger partial charge is 0.252 e. The summed E-state index contributed by atoms with van der Waals surface area (Å²) in [7, 11) is 3.20. The molecule has 0 spiro atoms. The van der Waals surface area contributed by atoms with Crippen LogP contribution in [0.15, 0.2) is 48.8 Å². The molecule has 1 aromatic carbocycles. The van der Waals surface area contributed by atoms with Gasteiger partial charge in [-0.1, -0.05) is 6.07 Å². The maximum Gasteiger partial charge on any atom is 0.252 e. The molecule has 0 saturated heterocycles. The SMILES string of the molecule is COc1ccc(CCNC(=O)c2ccc(-n3ccc(C)n3)nc2)cc1OC. The Morgan fingerprint density at radius 2 is 1.93 bits per heavy atom. The number of aryl methyl sites for hydroxylation is 1. The minimum atomic E-state index is -0.161. The molecule has 2 aromatic heterocycles. The largest absolute Gasteiger partial charge is 0.493 e. The second kappa shape index (κ2) is 8.35. The van der Waals surface area contributed by atoms with E-state index in [0.29, 0.717) is 35.8 Å². The Kier molecular flexibility index (Phi) is 5.71. The van der Waals surface area contributed by atoms with Gasteiger partial charge in [0, 0.05) is 18.9 Å². The molecule has 0 fully saturated rings. The van der Waals surface area contributed by atoms with Crippen molar-refractivity contribution in [1.29, 1.82) is 0 Å². The number of hydrogen-bond donors (Lipinski definition) is 1. The van der Waals surface area contributed by atoms with Crippen LogP contribution >= 0.6 is 0 Å². The lowest BCUT2D eigenvalue weighted by atomic mass is 10.1. The quantitative estimate of drug-likeness (QED) is 0.695. The molecule has 3 aromatic rings. The molecule has 0 radical (unpaired) electrons. The summed E-state index contributed by atoms with van der Waals surface area (Å²) in [6, 6.07) is 11.1. The molecule has 1 amide bonds. The molecule has 140 valence electrons.